The molecule has 1 rings (SSSR count). The predicted octanol–water partition coefficient (Wildman–Crippen LogP) is -1.40. The third-order valence-electron chi connectivity index (χ3n) is 1.89. The summed E-state index contributed by atoms with van der Waals surface area (Å²) in [6.07, 6.45) is -0.495. The van der Waals surface area contributed by atoms with Crippen molar-refractivity contribution in [1.29, 1.82) is 0 Å². The molecular formula is C7H10O4. The number of aliphatic hydroxyl groups excluding tert-OH is 2. The highest BCUT2D eigenvalue weighted by molar-refractivity contribution is 5.97. The van der Waals surface area contributed by atoms with Crippen LogP contribution in [0.4, 0.5) is 0 Å². The average Bonchev–Trinajstić information content (AvgIpc) is 2.18. The zero-order valence-corrected chi connectivity index (χ0v) is 6.06. The van der Waals surface area contributed by atoms with Crippen LogP contribution in [0.3, 0.4) is 0 Å². The van der Waals surface area contributed by atoms with Gasteiger partial charge in [0, 0.05) is 0 Å². The molecular weight excluding hydrogens is 148 g/mol. The Labute approximate surface area is 63.8 Å². The molecule has 0 amide bonds. The Kier molecular flexibility index (Phi) is 1.83. The van der Waals surface area contributed by atoms with Gasteiger partial charge in [0.1, 0.15) is 5.60 Å². The van der Waals surface area contributed by atoms with Crippen molar-refractivity contribution in [3.8, 4) is 0 Å². The van der Waals surface area contributed by atoms with Crippen LogP contribution in [0.2, 0.25) is 0 Å². The first-order chi connectivity index (χ1) is 4.98. The molecule has 1 aliphatic carbocycles. The van der Waals surface area contributed by atoms with Gasteiger partial charge in [0.05, 0.1) is 6.10 Å². The molecule has 0 spiro atoms. The van der Waals surface area contributed by atoms with Crippen LogP contribution in [0, 0.1) is 0 Å². The average molecular weight is 158 g/mol. The van der Waals surface area contributed by atoms with Gasteiger partial charge >= 0.3 is 0 Å². The molecule has 3 atom stereocenters. The molecule has 4 nitrogen and oxygen atoms in total. The highest BCUT2D eigenvalue weighted by Gasteiger charge is 2.45. The lowest BCUT2D eigenvalue weighted by Gasteiger charge is -2.26. The molecule has 0 aromatic carbocycles. The smallest absolute Gasteiger partial charge is 0.187 e. The first-order valence-electron chi connectivity index (χ1n) is 3.30. The largest absolute Gasteiger partial charge is 0.390 e. The van der Waals surface area contributed by atoms with Gasteiger partial charge < -0.3 is 15.3 Å². The second kappa shape index (κ2) is 2.41. The maximum Gasteiger partial charge on any atom is 0.187 e. The van der Waals surface area contributed by atoms with Gasteiger partial charge in [-0.3, -0.25) is 4.79 Å². The van der Waals surface area contributed by atoms with E-state index in [9.17, 15) is 9.90 Å². The van der Waals surface area contributed by atoms with Gasteiger partial charge in [-0.05, 0) is 19.1 Å². The van der Waals surface area contributed by atoms with Crippen LogP contribution in [0.25, 0.3) is 0 Å². The Bertz CT molecular complexity index is 208. The molecule has 0 aromatic rings. The molecule has 0 aromatic heterocycles. The molecule has 62 valence electrons. The SMILES string of the molecule is C[C@H](O)[C@@]1(O)C=CC(=O)[C@@H]1O. The third-order valence-corrected chi connectivity index (χ3v) is 1.89. The zero-order valence-electron chi connectivity index (χ0n) is 6.06. The quantitative estimate of drug-likeness (QED) is 0.438. The van der Waals surface area contributed by atoms with Crippen molar-refractivity contribution < 1.29 is 20.1 Å². The summed E-state index contributed by atoms with van der Waals surface area (Å²) in [4.78, 5) is 10.7. The van der Waals surface area contributed by atoms with Crippen LogP contribution >= 0.6 is 0 Å². The lowest BCUT2D eigenvalue weighted by Crippen LogP contribution is -2.49. The van der Waals surface area contributed by atoms with Gasteiger partial charge in [0.15, 0.2) is 11.9 Å². The normalized spacial score (nSPS) is 39.6. The van der Waals surface area contributed by atoms with Crippen LogP contribution < -0.4 is 0 Å². The lowest BCUT2D eigenvalue weighted by molar-refractivity contribution is -0.140. The van der Waals surface area contributed by atoms with Crippen molar-refractivity contribution in [3.05, 3.63) is 12.2 Å². The number of hydrogen-bond donors (Lipinski definition) is 3. The molecule has 0 saturated heterocycles. The van der Waals surface area contributed by atoms with Gasteiger partial charge in [-0.25, -0.2) is 0 Å². The second-order valence-electron chi connectivity index (χ2n) is 2.70. The van der Waals surface area contributed by atoms with E-state index in [2.05, 4.69) is 0 Å². The van der Waals surface area contributed by atoms with Crippen LogP contribution in [0.1, 0.15) is 6.92 Å². The van der Waals surface area contributed by atoms with E-state index in [0.29, 0.717) is 0 Å². The van der Waals surface area contributed by atoms with Gasteiger partial charge in [0.25, 0.3) is 0 Å². The Morgan fingerprint density at radius 3 is 2.45 bits per heavy atom. The predicted molar refractivity (Wildman–Crippen MR) is 36.8 cm³/mol. The molecule has 3 N–H and O–H groups in total. The van der Waals surface area contributed by atoms with Crippen molar-refractivity contribution in [1.82, 2.24) is 0 Å². The molecule has 0 bridgehead atoms. The van der Waals surface area contributed by atoms with Gasteiger partial charge in [-0.15, -0.1) is 0 Å². The second-order valence-corrected chi connectivity index (χ2v) is 2.70. The fraction of sp³-hybridized carbons (Fsp3) is 0.571. The van der Waals surface area contributed by atoms with E-state index < -0.39 is 23.6 Å². The summed E-state index contributed by atoms with van der Waals surface area (Å²) in [5.74, 6) is -0.576. The Balaban J connectivity index is 2.90. The Morgan fingerprint density at radius 2 is 2.27 bits per heavy atom. The Morgan fingerprint density at radius 1 is 1.73 bits per heavy atom. The van der Waals surface area contributed by atoms with Crippen LogP contribution in [0.5, 0.6) is 0 Å². The van der Waals surface area contributed by atoms with Crippen molar-refractivity contribution in [3.63, 3.8) is 0 Å². The summed E-state index contributed by atoms with van der Waals surface area (Å²) in [6, 6.07) is 0. The summed E-state index contributed by atoms with van der Waals surface area (Å²) in [7, 11) is 0. The molecule has 0 heterocycles. The first-order valence-corrected chi connectivity index (χ1v) is 3.30. The summed E-state index contributed by atoms with van der Waals surface area (Å²) < 4.78 is 0. The van der Waals surface area contributed by atoms with E-state index in [-0.39, 0.29) is 0 Å². The van der Waals surface area contributed by atoms with E-state index in [1.54, 1.807) is 0 Å². The van der Waals surface area contributed by atoms with E-state index in [1.807, 2.05) is 0 Å². The van der Waals surface area contributed by atoms with Crippen molar-refractivity contribution >= 4 is 5.78 Å². The van der Waals surface area contributed by atoms with E-state index in [4.69, 9.17) is 10.2 Å². The lowest BCUT2D eigenvalue weighted by atomic mass is 9.94. The highest BCUT2D eigenvalue weighted by Crippen LogP contribution is 2.24. The molecule has 0 radical (unpaired) electrons. The summed E-state index contributed by atoms with van der Waals surface area (Å²) >= 11 is 0. The fourth-order valence-corrected chi connectivity index (χ4v) is 0.994. The summed E-state index contributed by atoms with van der Waals surface area (Å²) in [5, 5.41) is 27.5. The standard InChI is InChI=1S/C7H10O4/c1-4(8)7(11)3-2-5(9)6(7)10/h2-4,6,8,10-11H,1H3/t4-,6-,7-/m0/s1. The zero-order chi connectivity index (χ0) is 8.65. The molecule has 1 aliphatic rings. The van der Waals surface area contributed by atoms with Gasteiger partial charge in [-0.1, -0.05) is 0 Å². The Hall–Kier alpha value is -0.710. The maximum atomic E-state index is 10.7. The third kappa shape index (κ3) is 1.09. The molecule has 0 fully saturated rings. The maximum absolute atomic E-state index is 10.7. The van der Waals surface area contributed by atoms with Crippen molar-refractivity contribution in [2.75, 3.05) is 0 Å². The molecule has 0 unspecified atom stereocenters. The minimum absolute atomic E-state index is 0.576. The summed E-state index contributed by atoms with van der Waals surface area (Å²) in [5.41, 5.74) is -1.79. The number of carbonyl (C=O) groups is 1. The minimum atomic E-state index is -1.79. The minimum Gasteiger partial charge on any atom is -0.390 e. The monoisotopic (exact) mass is 158 g/mol. The number of rotatable bonds is 1. The number of hydrogen-bond acceptors (Lipinski definition) is 4. The van der Waals surface area contributed by atoms with Crippen LogP contribution in [0.15, 0.2) is 12.2 Å². The fourth-order valence-electron chi connectivity index (χ4n) is 0.994. The first kappa shape index (κ1) is 8.39. The number of aliphatic hydroxyl groups is 3. The van der Waals surface area contributed by atoms with Crippen LogP contribution in [-0.4, -0.2) is 38.9 Å². The topological polar surface area (TPSA) is 77.8 Å². The number of carbonyl (C=O) groups excluding carboxylic acids is 1. The van der Waals surface area contributed by atoms with E-state index >= 15 is 0 Å². The molecule has 11 heavy (non-hydrogen) atoms. The van der Waals surface area contributed by atoms with E-state index in [0.717, 1.165) is 12.2 Å². The number of ketones is 1. The molecule has 0 saturated carbocycles. The van der Waals surface area contributed by atoms with Crippen LogP contribution in [-0.2, 0) is 4.79 Å². The molecule has 0 aliphatic heterocycles. The summed E-state index contributed by atoms with van der Waals surface area (Å²) in [6.45, 7) is 1.31. The van der Waals surface area contributed by atoms with Crippen molar-refractivity contribution in [2.45, 2.75) is 24.7 Å². The van der Waals surface area contributed by atoms with Gasteiger partial charge in [-0.2, -0.15) is 0 Å². The van der Waals surface area contributed by atoms with Gasteiger partial charge in [0.2, 0.25) is 0 Å². The van der Waals surface area contributed by atoms with E-state index in [1.165, 1.54) is 6.92 Å². The van der Waals surface area contributed by atoms with Crippen molar-refractivity contribution in [2.24, 2.45) is 0 Å². The highest BCUT2D eigenvalue weighted by atomic mass is 16.4. The molecule has 4 heteroatoms.